The summed E-state index contributed by atoms with van der Waals surface area (Å²) < 4.78 is 18.9. The first-order chi connectivity index (χ1) is 13.1. The Morgan fingerprint density at radius 3 is 2.41 bits per heavy atom. The summed E-state index contributed by atoms with van der Waals surface area (Å²) in [5, 5.41) is 23.4. The molecule has 0 amide bonds. The van der Waals surface area contributed by atoms with Crippen LogP contribution in [0.5, 0.6) is 0 Å². The SMILES string of the molecule is CN(Cc1ccccc1)[C@@H]1[C@H](O)[C@H](CO)O[C@@H]1CNCc1ccc(F)cc1. The summed E-state index contributed by atoms with van der Waals surface area (Å²) in [5.74, 6) is -0.255. The lowest BCUT2D eigenvalue weighted by molar-refractivity contribution is -0.0213. The molecule has 0 bridgehead atoms. The molecule has 5 nitrogen and oxygen atoms in total. The summed E-state index contributed by atoms with van der Waals surface area (Å²) in [6.45, 7) is 1.56. The van der Waals surface area contributed by atoms with Crippen molar-refractivity contribution in [3.05, 3.63) is 71.5 Å². The summed E-state index contributed by atoms with van der Waals surface area (Å²) in [6, 6.07) is 16.2. The van der Waals surface area contributed by atoms with Crippen molar-refractivity contribution in [2.45, 2.75) is 37.4 Å². The van der Waals surface area contributed by atoms with Crippen LogP contribution in [-0.2, 0) is 17.8 Å². The van der Waals surface area contributed by atoms with Gasteiger partial charge >= 0.3 is 0 Å². The summed E-state index contributed by atoms with van der Waals surface area (Å²) in [4.78, 5) is 2.07. The molecule has 1 fully saturated rings. The Hall–Kier alpha value is -1.83. The lowest BCUT2D eigenvalue weighted by atomic mass is 10.0. The van der Waals surface area contributed by atoms with Crippen LogP contribution in [0.25, 0.3) is 0 Å². The first kappa shape index (κ1) is 19.9. The molecule has 0 radical (unpaired) electrons. The van der Waals surface area contributed by atoms with E-state index in [9.17, 15) is 14.6 Å². The molecule has 4 atom stereocenters. The Balaban J connectivity index is 1.61. The number of nitrogens with one attached hydrogen (secondary N) is 1. The zero-order chi connectivity index (χ0) is 19.2. The molecule has 2 aromatic rings. The Morgan fingerprint density at radius 2 is 1.74 bits per heavy atom. The van der Waals surface area contributed by atoms with Crippen LogP contribution < -0.4 is 5.32 Å². The molecule has 0 aliphatic carbocycles. The van der Waals surface area contributed by atoms with E-state index in [0.29, 0.717) is 19.6 Å². The summed E-state index contributed by atoms with van der Waals surface area (Å²) in [5.41, 5.74) is 2.13. The van der Waals surface area contributed by atoms with E-state index >= 15 is 0 Å². The number of aliphatic hydroxyl groups excluding tert-OH is 2. The minimum Gasteiger partial charge on any atom is -0.394 e. The van der Waals surface area contributed by atoms with E-state index in [2.05, 4.69) is 10.2 Å². The van der Waals surface area contributed by atoms with Gasteiger partial charge in [-0.25, -0.2) is 4.39 Å². The van der Waals surface area contributed by atoms with Crippen LogP contribution in [0.3, 0.4) is 0 Å². The molecule has 0 aromatic heterocycles. The van der Waals surface area contributed by atoms with E-state index in [-0.39, 0.29) is 24.6 Å². The van der Waals surface area contributed by atoms with E-state index in [1.165, 1.54) is 12.1 Å². The van der Waals surface area contributed by atoms with Gasteiger partial charge in [0.15, 0.2) is 0 Å². The van der Waals surface area contributed by atoms with Crippen LogP contribution >= 0.6 is 0 Å². The number of hydrogen-bond donors (Lipinski definition) is 3. The Morgan fingerprint density at radius 1 is 1.04 bits per heavy atom. The van der Waals surface area contributed by atoms with Crippen molar-refractivity contribution in [1.29, 1.82) is 0 Å². The van der Waals surface area contributed by atoms with Crippen LogP contribution in [0.15, 0.2) is 54.6 Å². The average molecular weight is 374 g/mol. The van der Waals surface area contributed by atoms with Gasteiger partial charge in [0.2, 0.25) is 0 Å². The number of hydrogen-bond acceptors (Lipinski definition) is 5. The van der Waals surface area contributed by atoms with Gasteiger partial charge in [0.25, 0.3) is 0 Å². The number of ether oxygens (including phenoxy) is 1. The average Bonchev–Trinajstić information content (AvgIpc) is 2.99. The minimum absolute atomic E-state index is 0.217. The number of rotatable bonds is 8. The molecule has 1 saturated heterocycles. The third-order valence-corrected chi connectivity index (χ3v) is 5.01. The van der Waals surface area contributed by atoms with Crippen LogP contribution in [0.2, 0.25) is 0 Å². The van der Waals surface area contributed by atoms with E-state index in [1.807, 2.05) is 37.4 Å². The third-order valence-electron chi connectivity index (χ3n) is 5.01. The van der Waals surface area contributed by atoms with Crippen LogP contribution in [0.1, 0.15) is 11.1 Å². The van der Waals surface area contributed by atoms with Gasteiger partial charge in [-0.05, 0) is 30.3 Å². The lowest BCUT2D eigenvalue weighted by Gasteiger charge is -2.30. The number of nitrogens with zero attached hydrogens (tertiary/aromatic N) is 1. The van der Waals surface area contributed by atoms with Crippen LogP contribution in [0.4, 0.5) is 4.39 Å². The van der Waals surface area contributed by atoms with Crippen molar-refractivity contribution < 1.29 is 19.3 Å². The first-order valence-corrected chi connectivity index (χ1v) is 9.22. The largest absolute Gasteiger partial charge is 0.394 e. The molecule has 1 aliphatic rings. The molecule has 0 spiro atoms. The molecule has 0 saturated carbocycles. The van der Waals surface area contributed by atoms with Crippen LogP contribution in [0, 0.1) is 5.82 Å². The second-order valence-corrected chi connectivity index (χ2v) is 7.03. The molecule has 146 valence electrons. The Bertz CT molecular complexity index is 698. The molecule has 0 unspecified atom stereocenters. The van der Waals surface area contributed by atoms with E-state index in [1.54, 1.807) is 12.1 Å². The maximum absolute atomic E-state index is 13.0. The molecule has 3 N–H and O–H groups in total. The molecular weight excluding hydrogens is 347 g/mol. The topological polar surface area (TPSA) is 65.0 Å². The van der Waals surface area contributed by atoms with Crippen molar-refractivity contribution in [3.63, 3.8) is 0 Å². The molecule has 3 rings (SSSR count). The number of halogens is 1. The lowest BCUT2D eigenvalue weighted by Crippen LogP contribution is -2.48. The highest BCUT2D eigenvalue weighted by atomic mass is 19.1. The zero-order valence-corrected chi connectivity index (χ0v) is 15.5. The monoisotopic (exact) mass is 374 g/mol. The van der Waals surface area contributed by atoms with Gasteiger partial charge in [-0.15, -0.1) is 0 Å². The van der Waals surface area contributed by atoms with E-state index < -0.39 is 12.2 Å². The van der Waals surface area contributed by atoms with Gasteiger partial charge in [-0.2, -0.15) is 0 Å². The van der Waals surface area contributed by atoms with Gasteiger partial charge in [-0.3, -0.25) is 4.90 Å². The first-order valence-electron chi connectivity index (χ1n) is 9.22. The van der Waals surface area contributed by atoms with Gasteiger partial charge in [0.05, 0.1) is 18.8 Å². The Labute approximate surface area is 159 Å². The second-order valence-electron chi connectivity index (χ2n) is 7.03. The number of likely N-dealkylation sites (N-methyl/N-ethyl adjacent to an activating group) is 1. The molecule has 1 heterocycles. The van der Waals surface area contributed by atoms with Gasteiger partial charge in [0.1, 0.15) is 18.0 Å². The molecule has 2 aromatic carbocycles. The molecular formula is C21H27FN2O3. The standard InChI is InChI=1S/C21H27FN2O3/c1-24(13-16-5-3-2-4-6-16)20-18(27-19(14-25)21(20)26)12-23-11-15-7-9-17(22)10-8-15/h2-10,18-21,23,25-26H,11-14H2,1H3/t18-,19+,20+,21-/m1/s1. The predicted octanol–water partition coefficient (Wildman–Crippen LogP) is 1.54. The maximum Gasteiger partial charge on any atom is 0.123 e. The number of benzene rings is 2. The van der Waals surface area contributed by atoms with Crippen molar-refractivity contribution in [3.8, 4) is 0 Å². The molecule has 27 heavy (non-hydrogen) atoms. The highest BCUT2D eigenvalue weighted by molar-refractivity contribution is 5.16. The van der Waals surface area contributed by atoms with Gasteiger partial charge in [0, 0.05) is 19.6 Å². The summed E-state index contributed by atoms with van der Waals surface area (Å²) in [7, 11) is 1.96. The maximum atomic E-state index is 13.0. The minimum atomic E-state index is -0.763. The molecule has 1 aliphatic heterocycles. The zero-order valence-electron chi connectivity index (χ0n) is 15.5. The van der Waals surface area contributed by atoms with Crippen molar-refractivity contribution in [2.24, 2.45) is 0 Å². The normalized spacial score (nSPS) is 25.2. The smallest absolute Gasteiger partial charge is 0.123 e. The van der Waals surface area contributed by atoms with E-state index in [0.717, 1.165) is 11.1 Å². The fourth-order valence-corrected chi connectivity index (χ4v) is 3.63. The predicted molar refractivity (Wildman–Crippen MR) is 102 cm³/mol. The Kier molecular flexibility index (Phi) is 6.93. The fourth-order valence-electron chi connectivity index (χ4n) is 3.63. The highest BCUT2D eigenvalue weighted by Gasteiger charge is 2.44. The van der Waals surface area contributed by atoms with Gasteiger partial charge in [-0.1, -0.05) is 42.5 Å². The third kappa shape index (κ3) is 5.12. The van der Waals surface area contributed by atoms with Crippen molar-refractivity contribution in [1.82, 2.24) is 10.2 Å². The second kappa shape index (κ2) is 9.39. The number of aliphatic hydroxyl groups is 2. The van der Waals surface area contributed by atoms with Crippen LogP contribution in [-0.4, -0.2) is 59.7 Å². The van der Waals surface area contributed by atoms with Crippen molar-refractivity contribution in [2.75, 3.05) is 20.2 Å². The quantitative estimate of drug-likeness (QED) is 0.654. The molecule has 6 heteroatoms. The summed E-state index contributed by atoms with van der Waals surface area (Å²) >= 11 is 0. The highest BCUT2D eigenvalue weighted by Crippen LogP contribution is 2.26. The van der Waals surface area contributed by atoms with E-state index in [4.69, 9.17) is 4.74 Å². The van der Waals surface area contributed by atoms with Gasteiger partial charge < -0.3 is 20.3 Å². The van der Waals surface area contributed by atoms with Crippen molar-refractivity contribution >= 4 is 0 Å². The summed E-state index contributed by atoms with van der Waals surface area (Å²) in [6.07, 6.45) is -1.61. The fraction of sp³-hybridized carbons (Fsp3) is 0.429.